The Morgan fingerprint density at radius 2 is 1.93 bits per heavy atom. The van der Waals surface area contributed by atoms with Crippen LogP contribution in [0.25, 0.3) is 0 Å². The van der Waals surface area contributed by atoms with Gasteiger partial charge in [-0.15, -0.1) is 0 Å². The van der Waals surface area contributed by atoms with Gasteiger partial charge in [-0.2, -0.15) is 11.8 Å². The van der Waals surface area contributed by atoms with Gasteiger partial charge in [0, 0.05) is 13.0 Å². The zero-order chi connectivity index (χ0) is 20.8. The van der Waals surface area contributed by atoms with Crippen LogP contribution in [0.3, 0.4) is 0 Å². The number of carbonyl (C=O) groups is 3. The summed E-state index contributed by atoms with van der Waals surface area (Å²) in [5.41, 5.74) is 8.04. The van der Waals surface area contributed by atoms with Crippen LogP contribution in [-0.2, 0) is 27.3 Å². The number of rotatable bonds is 8. The number of amides is 2. The number of nitrogens with one attached hydrogen (secondary N) is 1. The van der Waals surface area contributed by atoms with Gasteiger partial charge in [0.1, 0.15) is 12.1 Å². The second-order valence-corrected chi connectivity index (χ2v) is 8.39. The number of carboxylic acid groups (broad SMARTS) is 1. The molecule has 1 heterocycles. The minimum Gasteiger partial charge on any atom is -0.480 e. The van der Waals surface area contributed by atoms with Crippen molar-refractivity contribution in [3.63, 3.8) is 0 Å². The molecule has 7 nitrogen and oxygen atoms in total. The van der Waals surface area contributed by atoms with Crippen molar-refractivity contribution >= 4 is 29.5 Å². The fourth-order valence-corrected chi connectivity index (χ4v) is 3.70. The van der Waals surface area contributed by atoms with Crippen molar-refractivity contribution in [3.05, 3.63) is 35.4 Å². The summed E-state index contributed by atoms with van der Waals surface area (Å²) in [5, 5.41) is 12.0. The van der Waals surface area contributed by atoms with E-state index in [2.05, 4.69) is 5.32 Å². The van der Waals surface area contributed by atoms with Crippen LogP contribution >= 0.6 is 11.8 Å². The quantitative estimate of drug-likeness (QED) is 0.598. The molecule has 1 aromatic carbocycles. The van der Waals surface area contributed by atoms with Crippen molar-refractivity contribution in [1.82, 2.24) is 10.2 Å². The minimum atomic E-state index is -1.07. The molecule has 0 aliphatic carbocycles. The summed E-state index contributed by atoms with van der Waals surface area (Å²) in [5.74, 6) is -1.27. The third-order valence-electron chi connectivity index (χ3n) is 5.06. The molecule has 8 heteroatoms. The molecule has 4 N–H and O–H groups in total. The second-order valence-electron chi connectivity index (χ2n) is 7.41. The number of fused-ring (bicyclic) bond motifs is 1. The highest BCUT2D eigenvalue weighted by atomic mass is 32.2. The van der Waals surface area contributed by atoms with E-state index in [1.54, 1.807) is 0 Å². The summed E-state index contributed by atoms with van der Waals surface area (Å²) < 4.78 is 0. The highest BCUT2D eigenvalue weighted by Gasteiger charge is 2.38. The Bertz CT molecular complexity index is 725. The van der Waals surface area contributed by atoms with E-state index in [9.17, 15) is 19.5 Å². The Balaban J connectivity index is 2.27. The van der Waals surface area contributed by atoms with Crippen LogP contribution in [0.2, 0.25) is 0 Å². The highest BCUT2D eigenvalue weighted by molar-refractivity contribution is 7.98. The lowest BCUT2D eigenvalue weighted by molar-refractivity contribution is -0.146. The van der Waals surface area contributed by atoms with Gasteiger partial charge in [-0.1, -0.05) is 38.1 Å². The first-order chi connectivity index (χ1) is 13.3. The molecule has 0 radical (unpaired) electrons. The monoisotopic (exact) mass is 407 g/mol. The molecule has 2 amide bonds. The highest BCUT2D eigenvalue weighted by Crippen LogP contribution is 2.25. The summed E-state index contributed by atoms with van der Waals surface area (Å²) in [4.78, 5) is 38.9. The van der Waals surface area contributed by atoms with Crippen molar-refractivity contribution in [2.75, 3.05) is 12.0 Å². The Kier molecular flexibility index (Phi) is 7.88. The minimum absolute atomic E-state index is 0.0678. The second kappa shape index (κ2) is 9.93. The molecule has 0 fully saturated rings. The Morgan fingerprint density at radius 1 is 1.29 bits per heavy atom. The Labute approximate surface area is 170 Å². The lowest BCUT2D eigenvalue weighted by atomic mass is 9.91. The smallest absolute Gasteiger partial charge is 0.326 e. The van der Waals surface area contributed by atoms with Gasteiger partial charge in [0.2, 0.25) is 11.8 Å². The van der Waals surface area contributed by atoms with E-state index in [1.807, 2.05) is 44.4 Å². The summed E-state index contributed by atoms with van der Waals surface area (Å²) in [6.07, 6.45) is 2.55. The number of carboxylic acids is 1. The van der Waals surface area contributed by atoms with Crippen molar-refractivity contribution in [1.29, 1.82) is 0 Å². The van der Waals surface area contributed by atoms with Gasteiger partial charge >= 0.3 is 5.97 Å². The van der Waals surface area contributed by atoms with Gasteiger partial charge in [-0.25, -0.2) is 4.79 Å². The molecule has 3 atom stereocenters. The van der Waals surface area contributed by atoms with Gasteiger partial charge < -0.3 is 21.1 Å². The average molecular weight is 408 g/mol. The van der Waals surface area contributed by atoms with Crippen LogP contribution in [-0.4, -0.2) is 57.9 Å². The van der Waals surface area contributed by atoms with Crippen LogP contribution in [0.5, 0.6) is 0 Å². The predicted molar refractivity (Wildman–Crippen MR) is 110 cm³/mol. The number of nitrogens with zero attached hydrogens (tertiary/aromatic N) is 1. The van der Waals surface area contributed by atoms with E-state index in [1.165, 1.54) is 16.7 Å². The number of nitrogens with two attached hydrogens (primary N) is 1. The fraction of sp³-hybridized carbons (Fsp3) is 0.550. The summed E-state index contributed by atoms with van der Waals surface area (Å²) in [6.45, 7) is 4.01. The molecule has 1 aliphatic rings. The van der Waals surface area contributed by atoms with Crippen LogP contribution < -0.4 is 11.1 Å². The summed E-state index contributed by atoms with van der Waals surface area (Å²) >= 11 is 1.52. The molecule has 2 rings (SSSR count). The first-order valence-corrected chi connectivity index (χ1v) is 10.8. The van der Waals surface area contributed by atoms with Crippen LogP contribution in [0.1, 0.15) is 31.4 Å². The number of thioether (sulfide) groups is 1. The molecular formula is C20H29N3O4S. The van der Waals surface area contributed by atoms with Gasteiger partial charge in [0.05, 0.1) is 6.04 Å². The number of carbonyl (C=O) groups excluding carboxylic acids is 2. The standard InChI is InChI=1S/C20H29N3O4S/c1-12(2)17(21)19(25)23-11-14-7-5-4-6-13(14)10-16(23)18(24)22-15(20(26)27)8-9-28-3/h4-7,12,15-17H,8-11,21H2,1-3H3,(H,22,24)(H,26,27)/t15?,16?,17-/m0/s1. The van der Waals surface area contributed by atoms with E-state index >= 15 is 0 Å². The number of aliphatic carboxylic acids is 1. The first kappa shape index (κ1) is 22.2. The van der Waals surface area contributed by atoms with Gasteiger partial charge in [0.15, 0.2) is 0 Å². The lowest BCUT2D eigenvalue weighted by Gasteiger charge is -2.38. The zero-order valence-corrected chi connectivity index (χ0v) is 17.4. The topological polar surface area (TPSA) is 113 Å². The van der Waals surface area contributed by atoms with Gasteiger partial charge in [-0.3, -0.25) is 9.59 Å². The van der Waals surface area contributed by atoms with E-state index < -0.39 is 30.0 Å². The molecule has 2 unspecified atom stereocenters. The van der Waals surface area contributed by atoms with Crippen molar-refractivity contribution in [2.24, 2.45) is 11.7 Å². The maximum atomic E-state index is 13.0. The van der Waals surface area contributed by atoms with E-state index in [-0.39, 0.29) is 18.4 Å². The Morgan fingerprint density at radius 3 is 2.50 bits per heavy atom. The lowest BCUT2D eigenvalue weighted by Crippen LogP contribution is -2.59. The molecule has 0 aromatic heterocycles. The molecule has 0 spiro atoms. The number of hydrogen-bond acceptors (Lipinski definition) is 5. The molecule has 1 aliphatic heterocycles. The third-order valence-corrected chi connectivity index (χ3v) is 5.71. The van der Waals surface area contributed by atoms with Crippen LogP contribution in [0, 0.1) is 5.92 Å². The van der Waals surface area contributed by atoms with Crippen molar-refractivity contribution < 1.29 is 19.5 Å². The SMILES string of the molecule is CSCCC(NC(=O)C1Cc2ccccc2CN1C(=O)[C@@H](N)C(C)C)C(=O)O. The van der Waals surface area contributed by atoms with E-state index in [4.69, 9.17) is 5.73 Å². The first-order valence-electron chi connectivity index (χ1n) is 9.41. The van der Waals surface area contributed by atoms with E-state index in [0.29, 0.717) is 18.6 Å². The molecular weight excluding hydrogens is 378 g/mol. The van der Waals surface area contributed by atoms with Crippen LogP contribution in [0.15, 0.2) is 24.3 Å². The average Bonchev–Trinajstić information content (AvgIpc) is 2.68. The summed E-state index contributed by atoms with van der Waals surface area (Å²) in [7, 11) is 0. The zero-order valence-electron chi connectivity index (χ0n) is 16.6. The van der Waals surface area contributed by atoms with Gasteiger partial charge in [-0.05, 0) is 35.5 Å². The van der Waals surface area contributed by atoms with Gasteiger partial charge in [0.25, 0.3) is 0 Å². The molecule has 154 valence electrons. The van der Waals surface area contributed by atoms with Crippen LogP contribution in [0.4, 0.5) is 0 Å². The number of hydrogen-bond donors (Lipinski definition) is 3. The predicted octanol–water partition coefficient (Wildman–Crippen LogP) is 1.25. The normalized spacial score (nSPS) is 18.3. The molecule has 1 aromatic rings. The maximum Gasteiger partial charge on any atom is 0.326 e. The fourth-order valence-electron chi connectivity index (χ4n) is 3.23. The molecule has 28 heavy (non-hydrogen) atoms. The Hall–Kier alpha value is -2.06. The van der Waals surface area contributed by atoms with Crippen molar-refractivity contribution in [2.45, 2.75) is 51.4 Å². The third kappa shape index (κ3) is 5.26. The maximum absolute atomic E-state index is 13.0. The van der Waals surface area contributed by atoms with E-state index in [0.717, 1.165) is 11.1 Å². The van der Waals surface area contributed by atoms with Crippen molar-refractivity contribution in [3.8, 4) is 0 Å². The molecule has 0 saturated carbocycles. The summed E-state index contributed by atoms with van der Waals surface area (Å²) in [6, 6.07) is 5.19. The molecule has 0 bridgehead atoms. The number of benzene rings is 1. The molecule has 0 saturated heterocycles. The largest absolute Gasteiger partial charge is 0.480 e.